The lowest BCUT2D eigenvalue weighted by atomic mass is 9.73. The molecule has 330 valence electrons. The predicted octanol–water partition coefficient (Wildman–Crippen LogP) is 2.68. The van der Waals surface area contributed by atoms with Crippen LogP contribution in [0.4, 0.5) is 0 Å². The number of guanidine groups is 1. The summed E-state index contributed by atoms with van der Waals surface area (Å²) in [5.41, 5.74) is 13.1. The molecule has 16 heteroatoms. The molecule has 0 spiro atoms. The van der Waals surface area contributed by atoms with Crippen molar-refractivity contribution in [2.75, 3.05) is 13.1 Å². The van der Waals surface area contributed by atoms with Gasteiger partial charge in [-0.2, -0.15) is 0 Å². The number of carbonyl (C=O) groups is 6. The number of nitrogens with one attached hydrogen (secondary N) is 8. The Balaban J connectivity index is 1.40. The summed E-state index contributed by atoms with van der Waals surface area (Å²) in [7, 11) is 0. The maximum absolute atomic E-state index is 14.6. The number of hydrogen-bond acceptors (Lipinski definition) is 7. The summed E-state index contributed by atoms with van der Waals surface area (Å²) in [4.78, 5) is 84.9. The fourth-order valence-electron chi connectivity index (χ4n) is 7.99. The third-order valence-corrected chi connectivity index (χ3v) is 11.3. The van der Waals surface area contributed by atoms with Crippen molar-refractivity contribution < 1.29 is 28.8 Å². The molecule has 0 bridgehead atoms. The molecule has 1 saturated carbocycles. The number of carbonyl (C=O) groups excluding carboxylic acids is 6. The van der Waals surface area contributed by atoms with Crippen molar-refractivity contribution in [3.8, 4) is 0 Å². The van der Waals surface area contributed by atoms with Crippen molar-refractivity contribution in [3.05, 3.63) is 108 Å². The molecule has 12 N–H and O–H groups in total. The van der Waals surface area contributed by atoms with Crippen LogP contribution < -0.4 is 43.4 Å². The average molecular weight is 849 g/mol. The van der Waals surface area contributed by atoms with Gasteiger partial charge in [0.2, 0.25) is 35.4 Å². The second-order valence-corrected chi connectivity index (χ2v) is 16.0. The molecule has 1 heterocycles. The lowest BCUT2D eigenvalue weighted by Gasteiger charge is -2.40. The van der Waals surface area contributed by atoms with Gasteiger partial charge in [0.15, 0.2) is 5.96 Å². The maximum Gasteiger partial charge on any atom is 0.246 e. The molecule has 0 unspecified atom stereocenters. The molecule has 6 amide bonds. The van der Waals surface area contributed by atoms with Gasteiger partial charge in [0.25, 0.3) is 0 Å². The molecular formula is C46H60N10O6. The molecule has 1 aliphatic carbocycles. The standard InChI is InChI=1S/C46H60N10O6/c1-2-12-40(58)56-46(23-20-32(21-24-46)31-15-7-4-8-16-31)44(62)55-37(27-30-13-5-3-6-14-30)43(61)53-36(19-11-25-51-45(48)49)42(60)54-38(41(59)50-26-22-39(47)57)28-33-29-52-35-18-10-9-17-34(33)35/h3-10,13-18,29,32,36-38,52H,2,11-12,19-28H2,1H3,(H2,47,57)(H,50,59)(H,53,61)(H,54,60)(H,55,62)(H,56,58)(H4,48,49,51)/t32-,36-,37+,38-,46+/m0/s1. The second-order valence-electron chi connectivity index (χ2n) is 16.0. The number of hydrogen-bond donors (Lipinski definition) is 10. The van der Waals surface area contributed by atoms with Crippen molar-refractivity contribution in [1.29, 1.82) is 5.41 Å². The van der Waals surface area contributed by atoms with Crippen LogP contribution in [0.5, 0.6) is 0 Å². The minimum absolute atomic E-state index is 0.0422. The van der Waals surface area contributed by atoms with Crippen LogP contribution in [0.2, 0.25) is 0 Å². The Bertz CT molecular complexity index is 2150. The molecule has 0 saturated heterocycles. The molecule has 16 nitrogen and oxygen atoms in total. The van der Waals surface area contributed by atoms with Crippen molar-refractivity contribution in [1.82, 2.24) is 36.9 Å². The molecular weight excluding hydrogens is 789 g/mol. The predicted molar refractivity (Wildman–Crippen MR) is 237 cm³/mol. The van der Waals surface area contributed by atoms with Gasteiger partial charge in [-0.3, -0.25) is 34.2 Å². The zero-order chi connectivity index (χ0) is 44.5. The molecule has 4 aromatic rings. The van der Waals surface area contributed by atoms with E-state index in [1.54, 1.807) is 6.20 Å². The highest BCUT2D eigenvalue weighted by molar-refractivity contribution is 5.97. The Morgan fingerprint density at radius 2 is 1.37 bits per heavy atom. The van der Waals surface area contributed by atoms with Crippen molar-refractivity contribution in [3.63, 3.8) is 0 Å². The first-order valence-corrected chi connectivity index (χ1v) is 21.4. The smallest absolute Gasteiger partial charge is 0.246 e. The van der Waals surface area contributed by atoms with Crippen LogP contribution in [0.15, 0.2) is 91.1 Å². The van der Waals surface area contributed by atoms with E-state index in [1.807, 2.05) is 79.7 Å². The first-order valence-electron chi connectivity index (χ1n) is 21.4. The highest BCUT2D eigenvalue weighted by atomic mass is 16.2. The van der Waals surface area contributed by atoms with E-state index in [1.165, 1.54) is 0 Å². The molecule has 3 atom stereocenters. The number of amides is 6. The summed E-state index contributed by atoms with van der Waals surface area (Å²) in [5, 5.41) is 25.6. The summed E-state index contributed by atoms with van der Waals surface area (Å²) in [6.45, 7) is 2.07. The van der Waals surface area contributed by atoms with E-state index in [0.29, 0.717) is 38.5 Å². The van der Waals surface area contributed by atoms with Gasteiger partial charge in [-0.1, -0.05) is 85.8 Å². The number of fused-ring (bicyclic) bond motifs is 1. The number of H-pyrrole nitrogens is 1. The molecule has 0 aliphatic heterocycles. The second kappa shape index (κ2) is 22.8. The number of benzene rings is 3. The Morgan fingerprint density at radius 1 is 0.742 bits per heavy atom. The van der Waals surface area contributed by atoms with Crippen molar-refractivity contribution >= 4 is 52.3 Å². The maximum atomic E-state index is 14.6. The van der Waals surface area contributed by atoms with E-state index in [-0.39, 0.29) is 63.0 Å². The molecule has 1 fully saturated rings. The van der Waals surface area contributed by atoms with E-state index in [9.17, 15) is 28.8 Å². The van der Waals surface area contributed by atoms with Crippen LogP contribution in [0.3, 0.4) is 0 Å². The number of rotatable bonds is 22. The van der Waals surface area contributed by atoms with Crippen LogP contribution in [0.25, 0.3) is 10.9 Å². The lowest BCUT2D eigenvalue weighted by Crippen LogP contribution is -2.64. The number of para-hydroxylation sites is 1. The normalized spacial score (nSPS) is 17.4. The summed E-state index contributed by atoms with van der Waals surface area (Å²) in [6.07, 6.45) is 5.03. The quantitative estimate of drug-likeness (QED) is 0.0319. The summed E-state index contributed by atoms with van der Waals surface area (Å²) < 4.78 is 0. The first-order chi connectivity index (χ1) is 29.9. The van der Waals surface area contributed by atoms with Gasteiger partial charge >= 0.3 is 0 Å². The van der Waals surface area contributed by atoms with Crippen molar-refractivity contribution in [2.24, 2.45) is 11.5 Å². The Morgan fingerprint density at radius 3 is 2.05 bits per heavy atom. The van der Waals surface area contributed by atoms with E-state index in [0.717, 1.165) is 27.6 Å². The third-order valence-electron chi connectivity index (χ3n) is 11.3. The van der Waals surface area contributed by atoms with Gasteiger partial charge in [-0.15, -0.1) is 0 Å². The van der Waals surface area contributed by atoms with Gasteiger partial charge in [-0.05, 0) is 73.6 Å². The summed E-state index contributed by atoms with van der Waals surface area (Å²) in [6, 6.07) is 23.2. The Kier molecular flexibility index (Phi) is 17.0. The fraction of sp³-hybridized carbons (Fsp3) is 0.413. The zero-order valence-corrected chi connectivity index (χ0v) is 35.3. The largest absolute Gasteiger partial charge is 0.370 e. The van der Waals surface area contributed by atoms with Gasteiger partial charge < -0.3 is 48.4 Å². The molecule has 5 rings (SSSR count). The van der Waals surface area contributed by atoms with Crippen LogP contribution in [-0.2, 0) is 41.6 Å². The minimum Gasteiger partial charge on any atom is -0.370 e. The van der Waals surface area contributed by atoms with Crippen LogP contribution in [0.1, 0.15) is 87.3 Å². The van der Waals surface area contributed by atoms with Crippen molar-refractivity contribution in [2.45, 2.75) is 107 Å². The molecule has 0 radical (unpaired) electrons. The van der Waals surface area contributed by atoms with Gasteiger partial charge in [-0.25, -0.2) is 0 Å². The number of aromatic nitrogens is 1. The highest BCUT2D eigenvalue weighted by Gasteiger charge is 2.44. The monoisotopic (exact) mass is 848 g/mol. The van der Waals surface area contributed by atoms with Gasteiger partial charge in [0.1, 0.15) is 23.7 Å². The fourth-order valence-corrected chi connectivity index (χ4v) is 7.99. The van der Waals surface area contributed by atoms with Gasteiger partial charge in [0, 0.05) is 55.9 Å². The topological polar surface area (TPSA) is 266 Å². The van der Waals surface area contributed by atoms with E-state index in [2.05, 4.69) is 49.0 Å². The first kappa shape index (κ1) is 46.4. The van der Waals surface area contributed by atoms with E-state index < -0.39 is 53.2 Å². The third kappa shape index (κ3) is 13.4. The van der Waals surface area contributed by atoms with Crippen LogP contribution in [0, 0.1) is 5.41 Å². The molecule has 62 heavy (non-hydrogen) atoms. The van der Waals surface area contributed by atoms with Gasteiger partial charge in [0.05, 0.1) is 0 Å². The Labute approximate surface area is 362 Å². The average Bonchev–Trinajstić information content (AvgIpc) is 3.67. The number of nitrogens with two attached hydrogens (primary N) is 2. The number of aromatic amines is 1. The highest BCUT2D eigenvalue weighted by Crippen LogP contribution is 2.38. The van der Waals surface area contributed by atoms with E-state index >= 15 is 0 Å². The lowest BCUT2D eigenvalue weighted by molar-refractivity contribution is -0.138. The number of primary amides is 1. The summed E-state index contributed by atoms with van der Waals surface area (Å²) >= 11 is 0. The SMILES string of the molecule is CCCC(=O)N[C@]1(C(=O)N[C@H](Cc2ccccc2)C(=O)N[C@@H](CCCNC(=N)N)C(=O)N[C@@H](Cc2c[nH]c3ccccc23)C(=O)NCCC(N)=O)CC[C@H](c2ccccc2)CC1. The van der Waals surface area contributed by atoms with E-state index in [4.69, 9.17) is 16.9 Å². The molecule has 1 aliphatic rings. The van der Waals surface area contributed by atoms with Crippen LogP contribution >= 0.6 is 0 Å². The minimum atomic E-state index is -1.26. The Hall–Kier alpha value is -6.71. The molecule has 1 aromatic heterocycles. The van der Waals surface area contributed by atoms with Crippen LogP contribution in [-0.4, -0.2) is 83.1 Å². The molecule has 3 aromatic carbocycles. The zero-order valence-electron chi connectivity index (χ0n) is 35.3. The summed E-state index contributed by atoms with van der Waals surface area (Å²) in [5.74, 6) is -3.26.